The van der Waals surface area contributed by atoms with E-state index in [0.29, 0.717) is 15.8 Å². The molecule has 1 N–H and O–H groups in total. The molecule has 84 valence electrons. The van der Waals surface area contributed by atoms with E-state index >= 15 is 0 Å². The maximum Gasteiger partial charge on any atom is 0.124 e. The highest BCUT2D eigenvalue weighted by Crippen LogP contribution is 2.25. The van der Waals surface area contributed by atoms with E-state index < -0.39 is 6.10 Å². The highest BCUT2D eigenvalue weighted by atomic mass is 79.9. The van der Waals surface area contributed by atoms with Gasteiger partial charge in [0.25, 0.3) is 0 Å². The fourth-order valence-corrected chi connectivity index (χ4v) is 2.32. The summed E-state index contributed by atoms with van der Waals surface area (Å²) in [4.78, 5) is 0.705. The number of hydrogen-bond acceptors (Lipinski definition) is 4. The molecule has 0 amide bonds. The van der Waals surface area contributed by atoms with Crippen LogP contribution in [0.1, 0.15) is 16.5 Å². The van der Waals surface area contributed by atoms with E-state index in [9.17, 15) is 9.50 Å². The minimum absolute atomic E-state index is 0.301. The highest BCUT2D eigenvalue weighted by Gasteiger charge is 2.13. The molecule has 0 aliphatic rings. The molecule has 1 atom stereocenters. The average molecular weight is 303 g/mol. The lowest BCUT2D eigenvalue weighted by Crippen LogP contribution is -2.00. The molecular weight excluding hydrogens is 295 g/mol. The molecule has 2 aromatic rings. The van der Waals surface area contributed by atoms with E-state index in [4.69, 9.17) is 0 Å². The van der Waals surface area contributed by atoms with Gasteiger partial charge in [0.1, 0.15) is 5.82 Å². The number of rotatable bonds is 3. The van der Waals surface area contributed by atoms with Crippen LogP contribution >= 0.6 is 27.5 Å². The maximum absolute atomic E-state index is 12.8. The van der Waals surface area contributed by atoms with Crippen LogP contribution in [-0.2, 0) is 6.42 Å². The number of aliphatic hydroxyl groups excluding tert-OH is 1. The lowest BCUT2D eigenvalue weighted by molar-refractivity contribution is 0.182. The minimum atomic E-state index is -0.651. The minimum Gasteiger partial charge on any atom is -0.387 e. The van der Waals surface area contributed by atoms with Crippen molar-refractivity contribution in [3.63, 3.8) is 0 Å². The van der Waals surface area contributed by atoms with Crippen molar-refractivity contribution >= 4 is 27.5 Å². The van der Waals surface area contributed by atoms with Crippen molar-refractivity contribution in [2.75, 3.05) is 0 Å². The van der Waals surface area contributed by atoms with Crippen LogP contribution in [0, 0.1) is 5.82 Å². The van der Waals surface area contributed by atoms with Gasteiger partial charge in [0.2, 0.25) is 0 Å². The predicted molar refractivity (Wildman–Crippen MR) is 62.7 cm³/mol. The number of halogens is 2. The Morgan fingerprint density at radius 3 is 2.94 bits per heavy atom. The largest absolute Gasteiger partial charge is 0.387 e. The third kappa shape index (κ3) is 2.63. The zero-order valence-electron chi connectivity index (χ0n) is 8.10. The van der Waals surface area contributed by atoms with Gasteiger partial charge in [-0.3, -0.25) is 0 Å². The second-order valence-corrected chi connectivity index (χ2v) is 4.95. The summed E-state index contributed by atoms with van der Waals surface area (Å²) in [5.41, 5.74) is 0.849. The first-order valence-corrected chi connectivity index (χ1v) is 6.12. The van der Waals surface area contributed by atoms with E-state index in [2.05, 4.69) is 25.5 Å². The molecule has 3 nitrogen and oxygen atoms in total. The zero-order chi connectivity index (χ0) is 11.5. The van der Waals surface area contributed by atoms with E-state index in [0.717, 1.165) is 17.1 Å². The molecule has 0 radical (unpaired) electrons. The lowest BCUT2D eigenvalue weighted by atomic mass is 10.1. The van der Waals surface area contributed by atoms with Gasteiger partial charge in [-0.25, -0.2) is 4.39 Å². The Morgan fingerprint density at radius 1 is 1.50 bits per heavy atom. The van der Waals surface area contributed by atoms with E-state index in [1.165, 1.54) is 18.3 Å². The molecular formula is C10H8BrFN2OS. The summed E-state index contributed by atoms with van der Waals surface area (Å²) >= 11 is 4.42. The van der Waals surface area contributed by atoms with Crippen molar-refractivity contribution in [1.29, 1.82) is 0 Å². The van der Waals surface area contributed by atoms with Gasteiger partial charge < -0.3 is 5.11 Å². The van der Waals surface area contributed by atoms with Crippen LogP contribution < -0.4 is 0 Å². The van der Waals surface area contributed by atoms with Crippen molar-refractivity contribution in [3.05, 3.63) is 45.1 Å². The smallest absolute Gasteiger partial charge is 0.124 e. The summed E-state index contributed by atoms with van der Waals surface area (Å²) in [5.74, 6) is -0.301. The molecule has 0 spiro atoms. The average Bonchev–Trinajstić information content (AvgIpc) is 2.75. The molecule has 0 saturated heterocycles. The van der Waals surface area contributed by atoms with Gasteiger partial charge in [-0.2, -0.15) is 0 Å². The van der Waals surface area contributed by atoms with E-state index in [-0.39, 0.29) is 5.82 Å². The number of aromatic nitrogens is 2. The Labute approximate surface area is 104 Å². The molecule has 0 saturated carbocycles. The quantitative estimate of drug-likeness (QED) is 0.948. The lowest BCUT2D eigenvalue weighted by Gasteiger charge is -2.09. The number of aliphatic hydroxyl groups is 1. The summed E-state index contributed by atoms with van der Waals surface area (Å²) in [5, 5.41) is 13.5. The Balaban J connectivity index is 2.15. The van der Waals surface area contributed by atoms with Gasteiger partial charge in [-0.15, -0.1) is 5.10 Å². The molecule has 6 heteroatoms. The van der Waals surface area contributed by atoms with E-state index in [1.54, 1.807) is 6.07 Å². The van der Waals surface area contributed by atoms with Gasteiger partial charge in [-0.1, -0.05) is 26.5 Å². The van der Waals surface area contributed by atoms with Gasteiger partial charge in [0.15, 0.2) is 0 Å². The Hall–Kier alpha value is -0.850. The topological polar surface area (TPSA) is 46.0 Å². The zero-order valence-corrected chi connectivity index (χ0v) is 10.5. The molecule has 16 heavy (non-hydrogen) atoms. The molecule has 1 aromatic heterocycles. The fourth-order valence-electron chi connectivity index (χ4n) is 1.32. The van der Waals surface area contributed by atoms with Gasteiger partial charge >= 0.3 is 0 Å². The molecule has 2 rings (SSSR count). The SMILES string of the molecule is OC(Cc1ccc(F)cc1Br)c1cnns1. The second-order valence-electron chi connectivity index (χ2n) is 3.28. The van der Waals surface area contributed by atoms with Gasteiger partial charge in [0.05, 0.1) is 17.2 Å². The van der Waals surface area contributed by atoms with Crippen LogP contribution in [0.25, 0.3) is 0 Å². The monoisotopic (exact) mass is 302 g/mol. The normalized spacial score (nSPS) is 12.7. The van der Waals surface area contributed by atoms with Crippen molar-refractivity contribution in [1.82, 2.24) is 9.59 Å². The number of hydrogen-bond donors (Lipinski definition) is 1. The Bertz CT molecular complexity index is 478. The molecule has 1 unspecified atom stereocenters. The molecule has 0 aliphatic heterocycles. The summed E-state index contributed by atoms with van der Waals surface area (Å²) < 4.78 is 17.2. The van der Waals surface area contributed by atoms with Crippen molar-refractivity contribution in [2.45, 2.75) is 12.5 Å². The molecule has 1 aromatic carbocycles. The van der Waals surface area contributed by atoms with Gasteiger partial charge in [0, 0.05) is 10.9 Å². The number of benzene rings is 1. The fraction of sp³-hybridized carbons (Fsp3) is 0.200. The molecule has 0 fully saturated rings. The first-order chi connectivity index (χ1) is 7.66. The van der Waals surface area contributed by atoms with Crippen LogP contribution in [0.2, 0.25) is 0 Å². The van der Waals surface area contributed by atoms with Crippen molar-refractivity contribution in [2.24, 2.45) is 0 Å². The summed E-state index contributed by atoms with van der Waals surface area (Å²) in [6.45, 7) is 0. The van der Waals surface area contributed by atoms with E-state index in [1.807, 2.05) is 0 Å². The third-order valence-electron chi connectivity index (χ3n) is 2.14. The first kappa shape index (κ1) is 11.6. The highest BCUT2D eigenvalue weighted by molar-refractivity contribution is 9.10. The van der Waals surface area contributed by atoms with Crippen molar-refractivity contribution < 1.29 is 9.50 Å². The van der Waals surface area contributed by atoms with Crippen LogP contribution in [0.15, 0.2) is 28.9 Å². The van der Waals surface area contributed by atoms with Crippen LogP contribution in [-0.4, -0.2) is 14.7 Å². The van der Waals surface area contributed by atoms with Crippen LogP contribution in [0.3, 0.4) is 0 Å². The molecule has 1 heterocycles. The first-order valence-electron chi connectivity index (χ1n) is 4.56. The molecule has 0 aliphatic carbocycles. The maximum atomic E-state index is 12.8. The molecule has 0 bridgehead atoms. The number of nitrogens with zero attached hydrogens (tertiary/aromatic N) is 2. The second kappa shape index (κ2) is 4.99. The van der Waals surface area contributed by atoms with Crippen LogP contribution in [0.5, 0.6) is 0 Å². The standard InChI is InChI=1S/C10H8BrFN2OS/c11-8-4-7(12)2-1-6(8)3-9(15)10-5-13-14-16-10/h1-2,4-5,9,15H,3H2. The van der Waals surface area contributed by atoms with Crippen LogP contribution in [0.4, 0.5) is 4.39 Å². The van der Waals surface area contributed by atoms with Crippen molar-refractivity contribution in [3.8, 4) is 0 Å². The third-order valence-corrected chi connectivity index (χ3v) is 3.64. The summed E-state index contributed by atoms with van der Waals surface area (Å²) in [6.07, 6.45) is 1.29. The Kier molecular flexibility index (Phi) is 3.63. The summed E-state index contributed by atoms with van der Waals surface area (Å²) in [7, 11) is 0. The summed E-state index contributed by atoms with van der Waals surface area (Å²) in [6, 6.07) is 4.40. The predicted octanol–water partition coefficient (Wildman–Crippen LogP) is 2.72. The van der Waals surface area contributed by atoms with Gasteiger partial charge in [-0.05, 0) is 29.2 Å². The Morgan fingerprint density at radius 2 is 2.31 bits per heavy atom.